The maximum absolute atomic E-state index is 11.4. The summed E-state index contributed by atoms with van der Waals surface area (Å²) >= 11 is 0. The van der Waals surface area contributed by atoms with Crippen LogP contribution in [0.4, 0.5) is 0 Å². The van der Waals surface area contributed by atoms with Crippen molar-refractivity contribution in [2.24, 2.45) is 5.73 Å². The van der Waals surface area contributed by atoms with Gasteiger partial charge in [0.2, 0.25) is 11.8 Å². The molecule has 98 valence electrons. The van der Waals surface area contributed by atoms with Crippen LogP contribution in [-0.2, 0) is 9.59 Å². The van der Waals surface area contributed by atoms with Gasteiger partial charge in [0.05, 0.1) is 13.1 Å². The summed E-state index contributed by atoms with van der Waals surface area (Å²) < 4.78 is 0. The highest BCUT2D eigenvalue weighted by Gasteiger charge is 2.18. The first-order valence-corrected chi connectivity index (χ1v) is 6.11. The summed E-state index contributed by atoms with van der Waals surface area (Å²) in [5.41, 5.74) is 5.11. The van der Waals surface area contributed by atoms with E-state index in [9.17, 15) is 9.59 Å². The van der Waals surface area contributed by atoms with E-state index >= 15 is 0 Å². The van der Waals surface area contributed by atoms with Crippen LogP contribution in [0.5, 0.6) is 0 Å². The molecule has 0 bridgehead atoms. The minimum absolute atomic E-state index is 0.00273. The molecule has 1 aliphatic rings. The lowest BCUT2D eigenvalue weighted by atomic mass is 10.3. The van der Waals surface area contributed by atoms with Crippen molar-refractivity contribution in [3.63, 3.8) is 0 Å². The second kappa shape index (κ2) is 7.24. The summed E-state index contributed by atoms with van der Waals surface area (Å²) in [6.07, 6.45) is 2.48. The Hall–Kier alpha value is -1.14. The van der Waals surface area contributed by atoms with Crippen LogP contribution in [0.15, 0.2) is 0 Å². The lowest BCUT2D eigenvalue weighted by Gasteiger charge is -2.23. The molecular formula is C11H22N4O2. The Labute approximate surface area is 102 Å². The van der Waals surface area contributed by atoms with Crippen LogP contribution in [0.25, 0.3) is 0 Å². The summed E-state index contributed by atoms with van der Waals surface area (Å²) in [4.78, 5) is 24.6. The average molecular weight is 242 g/mol. The van der Waals surface area contributed by atoms with Crippen molar-refractivity contribution in [3.8, 4) is 0 Å². The summed E-state index contributed by atoms with van der Waals surface area (Å²) in [7, 11) is 0. The predicted octanol–water partition coefficient (Wildman–Crippen LogP) is -1.34. The average Bonchev–Trinajstić information content (AvgIpc) is 2.86. The van der Waals surface area contributed by atoms with Gasteiger partial charge in [0, 0.05) is 12.6 Å². The van der Waals surface area contributed by atoms with Crippen LogP contribution in [0, 0.1) is 0 Å². The molecule has 6 nitrogen and oxygen atoms in total. The van der Waals surface area contributed by atoms with Gasteiger partial charge in [-0.05, 0) is 32.9 Å². The molecule has 17 heavy (non-hydrogen) atoms. The molecule has 1 heterocycles. The van der Waals surface area contributed by atoms with E-state index in [1.165, 1.54) is 12.8 Å². The van der Waals surface area contributed by atoms with Gasteiger partial charge in [-0.1, -0.05) is 0 Å². The summed E-state index contributed by atoms with van der Waals surface area (Å²) in [5.74, 6) is -0.481. The van der Waals surface area contributed by atoms with E-state index in [1.54, 1.807) is 0 Å². The zero-order chi connectivity index (χ0) is 12.7. The van der Waals surface area contributed by atoms with Crippen LogP contribution in [-0.4, -0.2) is 55.5 Å². The van der Waals surface area contributed by atoms with Gasteiger partial charge < -0.3 is 16.4 Å². The number of nitrogens with one attached hydrogen (secondary N) is 2. The van der Waals surface area contributed by atoms with Crippen molar-refractivity contribution in [2.45, 2.75) is 25.8 Å². The van der Waals surface area contributed by atoms with Crippen molar-refractivity contribution in [3.05, 3.63) is 0 Å². The highest BCUT2D eigenvalue weighted by Crippen LogP contribution is 2.10. The van der Waals surface area contributed by atoms with Crippen LogP contribution in [0.1, 0.15) is 19.8 Å². The Morgan fingerprint density at radius 2 is 1.88 bits per heavy atom. The number of likely N-dealkylation sites (tertiary alicyclic amines) is 1. The van der Waals surface area contributed by atoms with Gasteiger partial charge in [0.25, 0.3) is 0 Å². The van der Waals surface area contributed by atoms with Gasteiger partial charge >= 0.3 is 0 Å². The lowest BCUT2D eigenvalue weighted by molar-refractivity contribution is -0.125. The Balaban J connectivity index is 2.12. The van der Waals surface area contributed by atoms with E-state index in [-0.39, 0.29) is 24.9 Å². The Bertz CT molecular complexity index is 264. The van der Waals surface area contributed by atoms with Crippen LogP contribution in [0.2, 0.25) is 0 Å². The molecule has 1 atom stereocenters. The summed E-state index contributed by atoms with van der Waals surface area (Å²) in [5, 5.41) is 5.24. The molecule has 0 aromatic rings. The largest absolute Gasteiger partial charge is 0.353 e. The number of rotatable bonds is 6. The highest BCUT2D eigenvalue weighted by atomic mass is 16.2. The first-order valence-electron chi connectivity index (χ1n) is 6.11. The summed E-state index contributed by atoms with van der Waals surface area (Å²) in [6, 6.07) is 0.353. The second-order valence-corrected chi connectivity index (χ2v) is 4.38. The van der Waals surface area contributed by atoms with E-state index in [1.807, 2.05) is 0 Å². The maximum atomic E-state index is 11.4. The fourth-order valence-electron chi connectivity index (χ4n) is 1.89. The number of amides is 2. The Morgan fingerprint density at radius 3 is 2.47 bits per heavy atom. The number of hydrogen-bond acceptors (Lipinski definition) is 4. The fourth-order valence-corrected chi connectivity index (χ4v) is 1.89. The molecule has 0 aromatic heterocycles. The normalized spacial score (nSPS) is 17.8. The van der Waals surface area contributed by atoms with Crippen molar-refractivity contribution in [1.29, 1.82) is 0 Å². The van der Waals surface area contributed by atoms with Gasteiger partial charge in [-0.15, -0.1) is 0 Å². The molecule has 4 N–H and O–H groups in total. The molecule has 0 radical (unpaired) electrons. The molecule has 0 spiro atoms. The van der Waals surface area contributed by atoms with E-state index in [4.69, 9.17) is 5.73 Å². The third-order valence-corrected chi connectivity index (χ3v) is 2.99. The third kappa shape index (κ3) is 5.14. The molecule has 1 unspecified atom stereocenters. The number of hydrogen-bond donors (Lipinski definition) is 3. The van der Waals surface area contributed by atoms with Crippen molar-refractivity contribution < 1.29 is 9.59 Å². The van der Waals surface area contributed by atoms with Gasteiger partial charge in [-0.3, -0.25) is 14.5 Å². The van der Waals surface area contributed by atoms with Gasteiger partial charge in [-0.25, -0.2) is 0 Å². The van der Waals surface area contributed by atoms with E-state index in [0.29, 0.717) is 12.6 Å². The third-order valence-electron chi connectivity index (χ3n) is 2.99. The smallest absolute Gasteiger partial charge is 0.239 e. The van der Waals surface area contributed by atoms with Crippen LogP contribution >= 0.6 is 0 Å². The van der Waals surface area contributed by atoms with Crippen molar-refractivity contribution >= 4 is 11.8 Å². The van der Waals surface area contributed by atoms with E-state index in [0.717, 1.165) is 13.1 Å². The maximum Gasteiger partial charge on any atom is 0.239 e. The number of carbonyl (C=O) groups is 2. The first kappa shape index (κ1) is 13.9. The lowest BCUT2D eigenvalue weighted by Crippen LogP contribution is -2.44. The topological polar surface area (TPSA) is 87.5 Å². The molecule has 1 fully saturated rings. The first-order chi connectivity index (χ1) is 8.13. The zero-order valence-corrected chi connectivity index (χ0v) is 10.4. The minimum atomic E-state index is -0.312. The molecule has 1 saturated heterocycles. The molecule has 1 aliphatic heterocycles. The molecule has 6 heteroatoms. The Morgan fingerprint density at radius 1 is 1.24 bits per heavy atom. The van der Waals surface area contributed by atoms with Crippen LogP contribution < -0.4 is 16.4 Å². The molecule has 0 saturated carbocycles. The van der Waals surface area contributed by atoms with E-state index < -0.39 is 0 Å². The van der Waals surface area contributed by atoms with E-state index in [2.05, 4.69) is 22.5 Å². The predicted molar refractivity (Wildman–Crippen MR) is 65.3 cm³/mol. The number of nitrogens with zero attached hydrogens (tertiary/aromatic N) is 1. The molecule has 1 rings (SSSR count). The SMILES string of the molecule is CC(CNC(=O)CNC(=O)CN)N1CCCC1. The molecule has 2 amide bonds. The monoisotopic (exact) mass is 242 g/mol. The molecule has 0 aliphatic carbocycles. The van der Waals surface area contributed by atoms with Gasteiger partial charge in [0.1, 0.15) is 0 Å². The minimum Gasteiger partial charge on any atom is -0.353 e. The quantitative estimate of drug-likeness (QED) is 0.538. The Kier molecular flexibility index (Phi) is 5.93. The van der Waals surface area contributed by atoms with Crippen LogP contribution in [0.3, 0.4) is 0 Å². The van der Waals surface area contributed by atoms with Gasteiger partial charge in [-0.2, -0.15) is 0 Å². The zero-order valence-electron chi connectivity index (χ0n) is 10.4. The van der Waals surface area contributed by atoms with Crippen molar-refractivity contribution in [2.75, 3.05) is 32.7 Å². The molecule has 0 aromatic carbocycles. The standard InChI is InChI=1S/C11H22N4O2/c1-9(15-4-2-3-5-15)7-13-11(17)8-14-10(16)6-12/h9H,2-8,12H2,1H3,(H,13,17)(H,14,16). The highest BCUT2D eigenvalue weighted by molar-refractivity contribution is 5.85. The number of nitrogens with two attached hydrogens (primary N) is 1. The fraction of sp³-hybridized carbons (Fsp3) is 0.818. The summed E-state index contributed by atoms with van der Waals surface area (Å²) in [6.45, 7) is 4.86. The molecular weight excluding hydrogens is 220 g/mol. The number of carbonyl (C=O) groups excluding carboxylic acids is 2. The second-order valence-electron chi connectivity index (χ2n) is 4.38. The van der Waals surface area contributed by atoms with Gasteiger partial charge in [0.15, 0.2) is 0 Å². The van der Waals surface area contributed by atoms with Crippen molar-refractivity contribution in [1.82, 2.24) is 15.5 Å².